The van der Waals surface area contributed by atoms with Crippen LogP contribution in [0, 0.1) is 0 Å². The van der Waals surface area contributed by atoms with Crippen molar-refractivity contribution in [3.63, 3.8) is 0 Å². The third-order valence-corrected chi connectivity index (χ3v) is 7.45. The molecule has 0 aliphatic rings. The Morgan fingerprint density at radius 2 is 0.718 bits per heavy atom. The standard InChI is InChI=1S/C9H11Br.C9H10O2.C9H8O2.C7H6O.C4H9Br.C4H8O2.C4H6O2.C2H4O.8C2H6.2CH4/c10-8-4-7-9-5-2-1-3-6-9;2*10-9(11)7-6-8-4-2-1-3-5-8;8-6-7-4-2-1-3-5-7;1-2-3-4-5;2*1-2-3-4(5)6;1-2-3;8*1-2;;/h1-3,5-6H,4,7-8H2;1-5H,6-7H2,(H,10,11);1-7H,(H,10,11);1-6H;2-4H2,1H3;2-3H2,1H3,(H,5,6);2-3H,1H3,(H,5,6);2H,1H3;8*1-2H3;2*1H4/b;;7-6+;;;;3-2+;;;;;;;;;;;. The first-order valence-electron chi connectivity index (χ1n) is 27.2. The number of hydrogen-bond donors (Lipinski definition) is 4. The molecule has 0 amide bonds. The summed E-state index contributed by atoms with van der Waals surface area (Å²) in [6.45, 7) is 39.1. The first-order valence-corrected chi connectivity index (χ1v) is 29.4. The zero-order valence-electron chi connectivity index (χ0n) is 51.1. The van der Waals surface area contributed by atoms with E-state index in [0.29, 0.717) is 12.8 Å². The van der Waals surface area contributed by atoms with Crippen LogP contribution in [0.4, 0.5) is 0 Å². The van der Waals surface area contributed by atoms with Crippen LogP contribution in [-0.2, 0) is 36.8 Å². The van der Waals surface area contributed by atoms with E-state index >= 15 is 0 Å². The molecule has 4 N–H and O–H groups in total. The van der Waals surface area contributed by atoms with E-state index in [4.69, 9.17) is 25.2 Å². The molecule has 12 heteroatoms. The third kappa shape index (κ3) is 134. The van der Waals surface area contributed by atoms with Gasteiger partial charge >= 0.3 is 23.9 Å². The van der Waals surface area contributed by atoms with Gasteiger partial charge in [0.25, 0.3) is 0 Å². The minimum Gasteiger partial charge on any atom is -0.481 e. The lowest BCUT2D eigenvalue weighted by Gasteiger charge is -1.95. The van der Waals surface area contributed by atoms with Crippen molar-refractivity contribution in [2.24, 2.45) is 0 Å². The number of aliphatic carboxylic acids is 4. The number of hydrogen-bond acceptors (Lipinski definition) is 6. The van der Waals surface area contributed by atoms with Crippen LogP contribution in [0.5, 0.6) is 0 Å². The number of benzene rings is 4. The molecule has 0 aliphatic heterocycles. The second-order valence-corrected chi connectivity index (χ2v) is 13.1. The average molecular weight is 1230 g/mol. The van der Waals surface area contributed by atoms with Crippen molar-refractivity contribution in [2.75, 3.05) is 10.7 Å². The van der Waals surface area contributed by atoms with Gasteiger partial charge in [-0.1, -0.05) is 305 Å². The molecule has 0 saturated carbocycles. The fraction of sp³-hybridized carbons (Fsp3) is 0.485. The molecule has 0 aliphatic carbocycles. The Labute approximate surface area is 498 Å². The van der Waals surface area contributed by atoms with E-state index in [0.717, 1.165) is 58.5 Å². The van der Waals surface area contributed by atoms with Crippen LogP contribution in [0.1, 0.15) is 219 Å². The molecule has 0 heterocycles. The predicted octanol–water partition coefficient (Wildman–Crippen LogP) is 21.4. The Hall–Kier alpha value is -5.46. The Bertz CT molecular complexity index is 1650. The first kappa shape index (κ1) is 108. The SMILES string of the molecule is BrCCCc1ccccc1.C.C.C/C=C/C(=O)O.CC.CC.CC.CC.CC.CC.CC.CC.CC=O.CCCC(=O)O.CCCCBr.O=C(O)/C=C/c1ccccc1.O=C(O)CCc1ccccc1.O=Cc1ccccc1. The molecule has 4 aromatic carbocycles. The van der Waals surface area contributed by atoms with Gasteiger partial charge in [0, 0.05) is 41.2 Å². The Morgan fingerprint density at radius 3 is 0.910 bits per heavy atom. The summed E-state index contributed by atoms with van der Waals surface area (Å²) in [4.78, 5) is 58.2. The molecule has 78 heavy (non-hydrogen) atoms. The number of carboxylic acids is 4. The highest BCUT2D eigenvalue weighted by atomic mass is 79.9. The van der Waals surface area contributed by atoms with Crippen molar-refractivity contribution in [1.29, 1.82) is 0 Å². The van der Waals surface area contributed by atoms with E-state index in [-0.39, 0.29) is 21.3 Å². The molecule has 0 radical (unpaired) electrons. The zero-order valence-corrected chi connectivity index (χ0v) is 54.2. The van der Waals surface area contributed by atoms with Crippen LogP contribution < -0.4 is 0 Å². The number of carboxylic acid groups (broad SMARTS) is 4. The molecule has 0 spiro atoms. The van der Waals surface area contributed by atoms with E-state index in [1.165, 1.54) is 44.2 Å². The number of aldehydes is 2. The Balaban J connectivity index is -0.0000000488. The highest BCUT2D eigenvalue weighted by Gasteiger charge is 1.96. The lowest BCUT2D eigenvalue weighted by Crippen LogP contribution is -1.96. The van der Waals surface area contributed by atoms with Gasteiger partial charge in [0.2, 0.25) is 0 Å². The molecular weight excluding hydrogens is 1110 g/mol. The molecule has 0 fully saturated rings. The van der Waals surface area contributed by atoms with Crippen molar-refractivity contribution in [3.8, 4) is 0 Å². The van der Waals surface area contributed by atoms with Gasteiger partial charge in [-0.2, -0.15) is 0 Å². The van der Waals surface area contributed by atoms with Gasteiger partial charge in [-0.05, 0) is 68.7 Å². The van der Waals surface area contributed by atoms with E-state index < -0.39 is 23.9 Å². The lowest BCUT2D eigenvalue weighted by atomic mass is 10.1. The van der Waals surface area contributed by atoms with E-state index in [2.05, 4.69) is 69.1 Å². The largest absolute Gasteiger partial charge is 0.481 e. The maximum atomic E-state index is 10.2. The van der Waals surface area contributed by atoms with Gasteiger partial charge in [0.05, 0.1) is 0 Å². The number of allylic oxidation sites excluding steroid dienone is 1. The maximum absolute atomic E-state index is 10.2. The number of aryl methyl sites for hydroxylation is 2. The number of carbonyl (C=O) groups is 6. The summed E-state index contributed by atoms with van der Waals surface area (Å²) in [5, 5.41) is 34.7. The van der Waals surface area contributed by atoms with Gasteiger partial charge < -0.3 is 25.2 Å². The second kappa shape index (κ2) is 120. The number of unbranched alkanes of at least 4 members (excludes halogenated alkanes) is 1. The number of halogens is 2. The molecule has 4 aromatic rings. The summed E-state index contributed by atoms with van der Waals surface area (Å²) < 4.78 is 0. The van der Waals surface area contributed by atoms with E-state index in [9.17, 15) is 24.0 Å². The summed E-state index contributed by atoms with van der Waals surface area (Å²) >= 11 is 6.72. The van der Waals surface area contributed by atoms with Crippen molar-refractivity contribution in [2.45, 2.75) is 205 Å². The molecule has 10 nitrogen and oxygen atoms in total. The van der Waals surface area contributed by atoms with Gasteiger partial charge in [-0.3, -0.25) is 14.4 Å². The number of alkyl halides is 2. The van der Waals surface area contributed by atoms with E-state index in [1.807, 2.05) is 197 Å². The Morgan fingerprint density at radius 1 is 0.423 bits per heavy atom. The maximum Gasteiger partial charge on any atom is 0.328 e. The molecule has 4 rings (SSSR count). The normalized spacial score (nSPS) is 7.56. The van der Waals surface area contributed by atoms with Crippen LogP contribution in [0.25, 0.3) is 6.08 Å². The fourth-order valence-electron chi connectivity index (χ4n) is 3.56. The number of carbonyl (C=O) groups excluding carboxylic acids is 2. The van der Waals surface area contributed by atoms with Crippen LogP contribution in [0.3, 0.4) is 0 Å². The smallest absolute Gasteiger partial charge is 0.328 e. The summed E-state index contributed by atoms with van der Waals surface area (Å²) in [7, 11) is 0. The van der Waals surface area contributed by atoms with Crippen molar-refractivity contribution >= 4 is 74.4 Å². The second-order valence-electron chi connectivity index (χ2n) is 11.5. The zero-order chi connectivity index (χ0) is 62.1. The summed E-state index contributed by atoms with van der Waals surface area (Å²) in [5.74, 6) is -3.27. The fourth-order valence-corrected chi connectivity index (χ4v) is 4.41. The number of rotatable bonds is 14. The molecule has 0 saturated heterocycles. The summed E-state index contributed by atoms with van der Waals surface area (Å²) in [6.07, 6.45) is 13.7. The summed E-state index contributed by atoms with van der Waals surface area (Å²) in [6, 6.07) is 38.6. The van der Waals surface area contributed by atoms with Gasteiger partial charge in [0.1, 0.15) is 12.6 Å². The van der Waals surface area contributed by atoms with Crippen LogP contribution in [0.2, 0.25) is 0 Å². The topological polar surface area (TPSA) is 183 Å². The van der Waals surface area contributed by atoms with Gasteiger partial charge in [0.15, 0.2) is 0 Å². The average Bonchev–Trinajstić information content (AvgIpc) is 3.48. The Kier molecular flexibility index (Phi) is 166. The minimum atomic E-state index is -0.922. The molecule has 0 bridgehead atoms. The van der Waals surface area contributed by atoms with Gasteiger partial charge in [-0.15, -0.1) is 0 Å². The third-order valence-electron chi connectivity index (χ3n) is 6.33. The van der Waals surface area contributed by atoms with E-state index in [1.54, 1.807) is 25.1 Å². The first-order chi connectivity index (χ1) is 36.8. The van der Waals surface area contributed by atoms with Crippen LogP contribution >= 0.6 is 31.9 Å². The monoisotopic (exact) mass is 1230 g/mol. The lowest BCUT2D eigenvalue weighted by molar-refractivity contribution is -0.138. The van der Waals surface area contributed by atoms with Crippen molar-refractivity contribution in [3.05, 3.63) is 162 Å². The van der Waals surface area contributed by atoms with Crippen molar-refractivity contribution < 1.29 is 49.2 Å². The predicted molar refractivity (Wildman–Crippen MR) is 356 cm³/mol. The molecule has 456 valence electrons. The molecular formula is C66H118Br2O10. The molecule has 0 aromatic heterocycles. The molecule has 0 unspecified atom stereocenters. The minimum absolute atomic E-state index is 0. The molecule has 0 atom stereocenters. The van der Waals surface area contributed by atoms with Gasteiger partial charge in [-0.25, -0.2) is 9.59 Å². The van der Waals surface area contributed by atoms with Crippen LogP contribution in [-0.4, -0.2) is 67.5 Å². The summed E-state index contributed by atoms with van der Waals surface area (Å²) in [5.41, 5.74) is 4.14. The highest BCUT2D eigenvalue weighted by molar-refractivity contribution is 9.09. The van der Waals surface area contributed by atoms with Crippen LogP contribution in [0.15, 0.2) is 140 Å². The highest BCUT2D eigenvalue weighted by Crippen LogP contribution is 2.04. The van der Waals surface area contributed by atoms with Crippen molar-refractivity contribution in [1.82, 2.24) is 0 Å². The quantitative estimate of drug-likeness (QED) is 0.0538.